The van der Waals surface area contributed by atoms with Gasteiger partial charge in [0.1, 0.15) is 5.78 Å². The Morgan fingerprint density at radius 3 is 2.65 bits per heavy atom. The van der Waals surface area contributed by atoms with E-state index >= 15 is 0 Å². The van der Waals surface area contributed by atoms with Gasteiger partial charge in [0.05, 0.1) is 0 Å². The molecule has 0 heterocycles. The Bertz CT molecular complexity index is 562. The molecule has 0 bridgehead atoms. The lowest BCUT2D eigenvalue weighted by molar-refractivity contribution is -0.117. The lowest BCUT2D eigenvalue weighted by Gasteiger charge is -2.08. The number of hydrogen-bond acceptors (Lipinski definition) is 2. The zero-order valence-electron chi connectivity index (χ0n) is 9.56. The van der Waals surface area contributed by atoms with Gasteiger partial charge in [-0.1, -0.05) is 30.3 Å². The van der Waals surface area contributed by atoms with Gasteiger partial charge in [0.25, 0.3) is 0 Å². The zero-order valence-corrected chi connectivity index (χ0v) is 10.4. The van der Waals surface area contributed by atoms with Gasteiger partial charge in [0, 0.05) is 23.0 Å². The molecule has 2 aromatic carbocycles. The summed E-state index contributed by atoms with van der Waals surface area (Å²) in [6.07, 6.45) is 2.55. The summed E-state index contributed by atoms with van der Waals surface area (Å²) in [5, 5.41) is 3.05. The maximum absolute atomic E-state index is 11.2. The fourth-order valence-electron chi connectivity index (χ4n) is 2.31. The van der Waals surface area contributed by atoms with E-state index in [-0.39, 0.29) is 0 Å². The number of ketones is 1. The predicted octanol–water partition coefficient (Wildman–Crippen LogP) is 4.05. The second-order valence-electron chi connectivity index (χ2n) is 4.53. The van der Waals surface area contributed by atoms with Crippen LogP contribution in [0.1, 0.15) is 19.3 Å². The first-order valence-electron chi connectivity index (χ1n) is 5.98. The van der Waals surface area contributed by atoms with E-state index in [0.29, 0.717) is 11.0 Å². The van der Waals surface area contributed by atoms with Crippen molar-refractivity contribution >= 4 is 28.3 Å². The summed E-state index contributed by atoms with van der Waals surface area (Å²) in [5.74, 6) is 0.420. The molecule has 0 saturated heterocycles. The minimum absolute atomic E-state index is 0.420. The summed E-state index contributed by atoms with van der Waals surface area (Å²) in [5.41, 5.74) is 0. The molecule has 1 fully saturated rings. The summed E-state index contributed by atoms with van der Waals surface area (Å²) in [7, 11) is 0. The Balaban J connectivity index is 1.83. The zero-order chi connectivity index (χ0) is 11.7. The normalized spacial score (nSPS) is 20.0. The minimum atomic E-state index is 0.420. The highest BCUT2D eigenvalue weighted by Crippen LogP contribution is 2.34. The van der Waals surface area contributed by atoms with E-state index in [4.69, 9.17) is 0 Å². The molecule has 1 aliphatic carbocycles. The Morgan fingerprint density at radius 2 is 1.88 bits per heavy atom. The van der Waals surface area contributed by atoms with Crippen LogP contribution >= 0.6 is 11.8 Å². The van der Waals surface area contributed by atoms with E-state index in [2.05, 4.69) is 42.5 Å². The van der Waals surface area contributed by atoms with Crippen LogP contribution in [0.2, 0.25) is 0 Å². The van der Waals surface area contributed by atoms with Gasteiger partial charge in [-0.3, -0.25) is 4.79 Å². The van der Waals surface area contributed by atoms with E-state index in [0.717, 1.165) is 19.3 Å². The fourth-order valence-corrected chi connectivity index (χ4v) is 3.55. The molecule has 0 aliphatic heterocycles. The molecule has 1 saturated carbocycles. The van der Waals surface area contributed by atoms with Crippen LogP contribution in [0.25, 0.3) is 10.8 Å². The first-order chi connectivity index (χ1) is 8.31. The summed E-state index contributed by atoms with van der Waals surface area (Å²) in [6, 6.07) is 14.9. The fraction of sp³-hybridized carbons (Fsp3) is 0.267. The molecule has 0 unspecified atom stereocenters. The molecule has 1 nitrogen and oxygen atoms in total. The number of carbonyl (C=O) groups excluding carboxylic acids is 1. The monoisotopic (exact) mass is 242 g/mol. The van der Waals surface area contributed by atoms with Crippen molar-refractivity contribution in [3.63, 3.8) is 0 Å². The minimum Gasteiger partial charge on any atom is -0.300 e. The molecule has 0 spiro atoms. The van der Waals surface area contributed by atoms with Gasteiger partial charge in [-0.05, 0) is 29.3 Å². The van der Waals surface area contributed by atoms with Crippen molar-refractivity contribution < 1.29 is 4.79 Å². The van der Waals surface area contributed by atoms with Gasteiger partial charge in [0.2, 0.25) is 0 Å². The van der Waals surface area contributed by atoms with Gasteiger partial charge in [-0.15, -0.1) is 11.8 Å². The van der Waals surface area contributed by atoms with Crippen molar-refractivity contribution in [3.8, 4) is 0 Å². The average Bonchev–Trinajstić information content (AvgIpc) is 2.75. The topological polar surface area (TPSA) is 17.1 Å². The SMILES string of the molecule is O=C1CC[C@H](Sc2ccc3ccccc3c2)C1. The lowest BCUT2D eigenvalue weighted by atomic mass is 10.1. The predicted molar refractivity (Wildman–Crippen MR) is 72.5 cm³/mol. The number of benzene rings is 2. The Labute approximate surface area is 105 Å². The smallest absolute Gasteiger partial charge is 0.134 e. The molecule has 86 valence electrons. The van der Waals surface area contributed by atoms with E-state index in [1.54, 1.807) is 0 Å². The maximum Gasteiger partial charge on any atom is 0.134 e. The van der Waals surface area contributed by atoms with Crippen LogP contribution in [-0.2, 0) is 4.79 Å². The molecule has 2 aromatic rings. The van der Waals surface area contributed by atoms with Gasteiger partial charge in [-0.2, -0.15) is 0 Å². The summed E-state index contributed by atoms with van der Waals surface area (Å²) < 4.78 is 0. The van der Waals surface area contributed by atoms with Crippen molar-refractivity contribution in [1.82, 2.24) is 0 Å². The molecule has 0 N–H and O–H groups in total. The standard InChI is InChI=1S/C15H14OS/c16-13-6-8-15(10-13)17-14-7-5-11-3-1-2-4-12(11)9-14/h1-5,7,9,15H,6,8,10H2/t15-/m0/s1. The van der Waals surface area contributed by atoms with Crippen LogP contribution < -0.4 is 0 Å². The van der Waals surface area contributed by atoms with Crippen molar-refractivity contribution in [2.75, 3.05) is 0 Å². The van der Waals surface area contributed by atoms with E-state index < -0.39 is 0 Å². The van der Waals surface area contributed by atoms with Crippen molar-refractivity contribution in [3.05, 3.63) is 42.5 Å². The highest BCUT2D eigenvalue weighted by molar-refractivity contribution is 8.00. The molecule has 1 atom stereocenters. The van der Waals surface area contributed by atoms with Gasteiger partial charge < -0.3 is 0 Å². The maximum atomic E-state index is 11.2. The highest BCUT2D eigenvalue weighted by atomic mass is 32.2. The summed E-state index contributed by atoms with van der Waals surface area (Å²) in [4.78, 5) is 12.5. The summed E-state index contributed by atoms with van der Waals surface area (Å²) in [6.45, 7) is 0. The number of fused-ring (bicyclic) bond motifs is 1. The Morgan fingerprint density at radius 1 is 1.06 bits per heavy atom. The molecule has 0 amide bonds. The molecule has 2 heteroatoms. The van der Waals surface area contributed by atoms with Crippen molar-refractivity contribution in [2.45, 2.75) is 29.4 Å². The number of thioether (sulfide) groups is 1. The van der Waals surface area contributed by atoms with E-state index in [9.17, 15) is 4.79 Å². The third-order valence-electron chi connectivity index (χ3n) is 3.22. The van der Waals surface area contributed by atoms with Crippen LogP contribution in [0, 0.1) is 0 Å². The number of Topliss-reactive ketones (excluding diaryl/α,β-unsaturated/α-hetero) is 1. The van der Waals surface area contributed by atoms with E-state index in [1.165, 1.54) is 15.7 Å². The number of rotatable bonds is 2. The summed E-state index contributed by atoms with van der Waals surface area (Å²) >= 11 is 1.85. The number of hydrogen-bond donors (Lipinski definition) is 0. The van der Waals surface area contributed by atoms with E-state index in [1.807, 2.05) is 11.8 Å². The van der Waals surface area contributed by atoms with Crippen molar-refractivity contribution in [2.24, 2.45) is 0 Å². The molecule has 3 rings (SSSR count). The van der Waals surface area contributed by atoms with Gasteiger partial charge >= 0.3 is 0 Å². The second-order valence-corrected chi connectivity index (χ2v) is 5.90. The quantitative estimate of drug-likeness (QED) is 0.790. The van der Waals surface area contributed by atoms with Crippen LogP contribution in [0.15, 0.2) is 47.4 Å². The molecule has 0 radical (unpaired) electrons. The van der Waals surface area contributed by atoms with Gasteiger partial charge in [0.15, 0.2) is 0 Å². The van der Waals surface area contributed by atoms with Gasteiger partial charge in [-0.25, -0.2) is 0 Å². The second kappa shape index (κ2) is 4.53. The van der Waals surface area contributed by atoms with Crippen LogP contribution in [0.4, 0.5) is 0 Å². The molecular formula is C15H14OS. The molecule has 17 heavy (non-hydrogen) atoms. The lowest BCUT2D eigenvalue weighted by Crippen LogP contribution is -1.95. The molecule has 0 aromatic heterocycles. The average molecular weight is 242 g/mol. The largest absolute Gasteiger partial charge is 0.300 e. The van der Waals surface area contributed by atoms with Crippen LogP contribution in [-0.4, -0.2) is 11.0 Å². The highest BCUT2D eigenvalue weighted by Gasteiger charge is 2.22. The van der Waals surface area contributed by atoms with Crippen molar-refractivity contribution in [1.29, 1.82) is 0 Å². The van der Waals surface area contributed by atoms with Crippen LogP contribution in [0.3, 0.4) is 0 Å². The molecular weight excluding hydrogens is 228 g/mol. The first-order valence-corrected chi connectivity index (χ1v) is 6.86. The third kappa shape index (κ3) is 2.37. The first kappa shape index (κ1) is 10.8. The Kier molecular flexibility index (Phi) is 2.89. The molecule has 1 aliphatic rings. The third-order valence-corrected chi connectivity index (χ3v) is 4.49. The Hall–Kier alpha value is -1.28. The van der Waals surface area contributed by atoms with Crippen LogP contribution in [0.5, 0.6) is 0 Å². The number of carbonyl (C=O) groups is 1.